The molecule has 0 saturated carbocycles. The normalized spacial score (nSPS) is 10.3. The zero-order valence-corrected chi connectivity index (χ0v) is 14.3. The van der Waals surface area contributed by atoms with Crippen LogP contribution in [0.15, 0.2) is 42.5 Å². The zero-order chi connectivity index (χ0) is 18.2. The fraction of sp³-hybridized carbons (Fsp3) is 0.235. The molecule has 0 unspecified atom stereocenters. The Hall–Kier alpha value is -2.64. The Morgan fingerprint density at radius 2 is 2.00 bits per heavy atom. The molecule has 132 valence electrons. The quantitative estimate of drug-likeness (QED) is 0.435. The number of nitrogens with one attached hydrogen (secondary N) is 1. The van der Waals surface area contributed by atoms with E-state index >= 15 is 0 Å². The van der Waals surface area contributed by atoms with Crippen LogP contribution in [0.5, 0.6) is 5.75 Å². The van der Waals surface area contributed by atoms with Crippen molar-refractivity contribution >= 4 is 28.9 Å². The number of nitrogens with zero attached hydrogens (tertiary/aromatic N) is 1. The first kappa shape index (κ1) is 18.7. The number of nitro benzene ring substituents is 1. The minimum atomic E-state index is -0.608. The summed E-state index contributed by atoms with van der Waals surface area (Å²) < 4.78 is 10.8. The van der Waals surface area contributed by atoms with Crippen molar-refractivity contribution in [1.29, 1.82) is 0 Å². The maximum Gasteiger partial charge on any atom is 0.289 e. The lowest BCUT2D eigenvalue weighted by molar-refractivity contribution is -0.384. The Morgan fingerprint density at radius 1 is 1.24 bits per heavy atom. The van der Waals surface area contributed by atoms with Crippen LogP contribution in [0.3, 0.4) is 0 Å². The lowest BCUT2D eigenvalue weighted by atomic mass is 10.2. The molecule has 0 aromatic heterocycles. The topological polar surface area (TPSA) is 90.7 Å². The second-order valence-electron chi connectivity index (χ2n) is 4.92. The molecule has 0 aliphatic carbocycles. The number of hydrogen-bond acceptors (Lipinski definition) is 5. The van der Waals surface area contributed by atoms with Crippen LogP contribution in [0, 0.1) is 10.1 Å². The molecule has 2 rings (SSSR count). The van der Waals surface area contributed by atoms with Crippen LogP contribution in [-0.4, -0.2) is 30.7 Å². The number of hydrogen-bond donors (Lipinski definition) is 1. The van der Waals surface area contributed by atoms with E-state index in [0.717, 1.165) is 0 Å². The first-order chi connectivity index (χ1) is 12.0. The number of amides is 1. The van der Waals surface area contributed by atoms with E-state index in [9.17, 15) is 14.9 Å². The van der Waals surface area contributed by atoms with Gasteiger partial charge in [-0.1, -0.05) is 23.7 Å². The summed E-state index contributed by atoms with van der Waals surface area (Å²) in [5.74, 6) is -0.0354. The molecule has 0 bridgehead atoms. The van der Waals surface area contributed by atoms with Crippen molar-refractivity contribution in [3.05, 3.63) is 63.2 Å². The van der Waals surface area contributed by atoms with E-state index < -0.39 is 10.8 Å². The van der Waals surface area contributed by atoms with Crippen LogP contribution in [-0.2, 0) is 4.74 Å². The van der Waals surface area contributed by atoms with Crippen LogP contribution in [0.4, 0.5) is 11.4 Å². The SMILES string of the molecule is CCOCCOc1ccccc1C(=O)Nc1ccc(Cl)c([N+](=O)[O-])c1. The monoisotopic (exact) mass is 364 g/mol. The summed E-state index contributed by atoms with van der Waals surface area (Å²) in [5, 5.41) is 13.5. The van der Waals surface area contributed by atoms with Crippen LogP contribution in [0.25, 0.3) is 0 Å². The molecule has 25 heavy (non-hydrogen) atoms. The molecule has 7 nitrogen and oxygen atoms in total. The molecule has 0 atom stereocenters. The largest absolute Gasteiger partial charge is 0.490 e. The van der Waals surface area contributed by atoms with Crippen LogP contribution in [0.1, 0.15) is 17.3 Å². The van der Waals surface area contributed by atoms with E-state index in [0.29, 0.717) is 31.1 Å². The van der Waals surface area contributed by atoms with Crippen LogP contribution in [0.2, 0.25) is 5.02 Å². The molecule has 2 aromatic rings. The van der Waals surface area contributed by atoms with Crippen molar-refractivity contribution in [2.24, 2.45) is 0 Å². The molecule has 0 heterocycles. The molecule has 0 spiro atoms. The Morgan fingerprint density at radius 3 is 2.72 bits per heavy atom. The third-order valence-electron chi connectivity index (χ3n) is 3.22. The van der Waals surface area contributed by atoms with Crippen LogP contribution < -0.4 is 10.1 Å². The fourth-order valence-corrected chi connectivity index (χ4v) is 2.25. The molecule has 0 saturated heterocycles. The van der Waals surface area contributed by atoms with Gasteiger partial charge in [0.1, 0.15) is 17.4 Å². The van der Waals surface area contributed by atoms with Gasteiger partial charge in [0.15, 0.2) is 0 Å². The van der Waals surface area contributed by atoms with Gasteiger partial charge in [-0.05, 0) is 31.2 Å². The van der Waals surface area contributed by atoms with Crippen molar-refractivity contribution in [3.63, 3.8) is 0 Å². The van der Waals surface area contributed by atoms with Gasteiger partial charge in [0.05, 0.1) is 17.1 Å². The molecule has 2 aromatic carbocycles. The number of nitro groups is 1. The van der Waals surface area contributed by atoms with E-state index in [-0.39, 0.29) is 16.4 Å². The Labute approximate surface area is 149 Å². The highest BCUT2D eigenvalue weighted by Crippen LogP contribution is 2.28. The first-order valence-electron chi connectivity index (χ1n) is 7.57. The number of carbonyl (C=O) groups is 1. The van der Waals surface area contributed by atoms with Gasteiger partial charge < -0.3 is 14.8 Å². The number of benzene rings is 2. The lowest BCUT2D eigenvalue weighted by Crippen LogP contribution is -2.15. The highest BCUT2D eigenvalue weighted by Gasteiger charge is 2.16. The fourth-order valence-electron chi connectivity index (χ4n) is 2.06. The average Bonchev–Trinajstić information content (AvgIpc) is 2.60. The number of ether oxygens (including phenoxy) is 2. The van der Waals surface area contributed by atoms with Gasteiger partial charge in [-0.15, -0.1) is 0 Å². The lowest BCUT2D eigenvalue weighted by Gasteiger charge is -2.12. The molecular formula is C17H17ClN2O5. The maximum absolute atomic E-state index is 12.5. The number of anilines is 1. The Kier molecular flexibility index (Phi) is 6.73. The first-order valence-corrected chi connectivity index (χ1v) is 7.95. The highest BCUT2D eigenvalue weighted by atomic mass is 35.5. The summed E-state index contributed by atoms with van der Waals surface area (Å²) >= 11 is 5.77. The number of halogens is 1. The average molecular weight is 365 g/mol. The van der Waals surface area contributed by atoms with E-state index in [2.05, 4.69) is 5.32 Å². The number of rotatable bonds is 8. The standard InChI is InChI=1S/C17H17ClN2O5/c1-2-24-9-10-25-16-6-4-3-5-13(16)17(21)19-12-7-8-14(18)15(11-12)20(22)23/h3-8,11H,2,9-10H2,1H3,(H,19,21). The Bertz CT molecular complexity index is 766. The summed E-state index contributed by atoms with van der Waals surface area (Å²) in [5.41, 5.74) is 0.308. The van der Waals surface area contributed by atoms with E-state index in [1.54, 1.807) is 24.3 Å². The van der Waals surface area contributed by atoms with Gasteiger partial charge >= 0.3 is 0 Å². The molecule has 1 amide bonds. The summed E-state index contributed by atoms with van der Waals surface area (Å²) in [6.45, 7) is 3.19. The molecule has 0 radical (unpaired) electrons. The third kappa shape index (κ3) is 5.17. The summed E-state index contributed by atoms with van der Waals surface area (Å²) in [4.78, 5) is 22.8. The van der Waals surface area contributed by atoms with Gasteiger partial charge in [0.25, 0.3) is 11.6 Å². The molecule has 0 aliphatic heterocycles. The highest BCUT2D eigenvalue weighted by molar-refractivity contribution is 6.32. The van der Waals surface area contributed by atoms with Gasteiger partial charge in [-0.2, -0.15) is 0 Å². The number of para-hydroxylation sites is 1. The van der Waals surface area contributed by atoms with Crippen LogP contribution >= 0.6 is 11.6 Å². The third-order valence-corrected chi connectivity index (χ3v) is 3.54. The predicted molar refractivity (Wildman–Crippen MR) is 94.5 cm³/mol. The molecule has 0 aliphatic rings. The van der Waals surface area contributed by atoms with Crippen molar-refractivity contribution in [1.82, 2.24) is 0 Å². The molecule has 1 N–H and O–H groups in total. The van der Waals surface area contributed by atoms with Crippen molar-refractivity contribution in [3.8, 4) is 5.75 Å². The van der Waals surface area contributed by atoms with E-state index in [1.165, 1.54) is 18.2 Å². The van der Waals surface area contributed by atoms with E-state index in [1.807, 2.05) is 6.92 Å². The van der Waals surface area contributed by atoms with Crippen molar-refractivity contribution < 1.29 is 19.2 Å². The predicted octanol–water partition coefficient (Wildman–Crippen LogP) is 3.92. The summed E-state index contributed by atoms with van der Waals surface area (Å²) in [7, 11) is 0. The Balaban J connectivity index is 2.13. The van der Waals surface area contributed by atoms with E-state index in [4.69, 9.17) is 21.1 Å². The minimum Gasteiger partial charge on any atom is -0.490 e. The second-order valence-corrected chi connectivity index (χ2v) is 5.33. The zero-order valence-electron chi connectivity index (χ0n) is 13.5. The van der Waals surface area contributed by atoms with Gasteiger partial charge in [0, 0.05) is 18.4 Å². The second kappa shape index (κ2) is 9.00. The minimum absolute atomic E-state index is 0.00246. The molecular weight excluding hydrogens is 348 g/mol. The van der Waals surface area contributed by atoms with Crippen molar-refractivity contribution in [2.45, 2.75) is 6.92 Å². The van der Waals surface area contributed by atoms with Crippen molar-refractivity contribution in [2.75, 3.05) is 25.1 Å². The summed E-state index contributed by atoms with van der Waals surface area (Å²) in [6, 6.07) is 10.8. The smallest absolute Gasteiger partial charge is 0.289 e. The number of carbonyl (C=O) groups excluding carboxylic acids is 1. The van der Waals surface area contributed by atoms with Gasteiger partial charge in [-0.3, -0.25) is 14.9 Å². The molecule has 8 heteroatoms. The van der Waals surface area contributed by atoms with Gasteiger partial charge in [-0.25, -0.2) is 0 Å². The van der Waals surface area contributed by atoms with Gasteiger partial charge in [0.2, 0.25) is 0 Å². The maximum atomic E-state index is 12.5. The summed E-state index contributed by atoms with van der Waals surface area (Å²) in [6.07, 6.45) is 0. The molecule has 0 fully saturated rings.